The molecule has 1 saturated heterocycles. The quantitative estimate of drug-likeness (QED) is 0.687. The Morgan fingerprint density at radius 1 is 1.47 bits per heavy atom. The van der Waals surface area contributed by atoms with Crippen molar-refractivity contribution in [2.45, 2.75) is 38.4 Å². The van der Waals surface area contributed by atoms with Crippen LogP contribution >= 0.6 is 0 Å². The molecule has 1 heterocycles. The van der Waals surface area contributed by atoms with Gasteiger partial charge in [-0.3, -0.25) is 4.79 Å². The molecule has 84 valence electrons. The van der Waals surface area contributed by atoms with E-state index in [2.05, 4.69) is 0 Å². The Morgan fingerprint density at radius 2 is 2.13 bits per heavy atom. The van der Waals surface area contributed by atoms with Crippen LogP contribution in [0.15, 0.2) is 0 Å². The Bertz CT molecular complexity index is 278. The van der Waals surface area contributed by atoms with Gasteiger partial charge in [-0.15, -0.1) is 0 Å². The van der Waals surface area contributed by atoms with Gasteiger partial charge in [0.2, 0.25) is 5.79 Å². The third-order valence-electron chi connectivity index (χ3n) is 3.09. The van der Waals surface area contributed by atoms with Crippen molar-refractivity contribution in [2.75, 3.05) is 13.2 Å². The average molecular weight is 212 g/mol. The standard InChI is InChI=1S/C11H16O4/c1-8(12)7-9-3-2-4-11(10(9)13)14-5-6-15-11/h9H,2-7H2,1H3. The van der Waals surface area contributed by atoms with Crippen LogP contribution in [0.3, 0.4) is 0 Å². The molecule has 0 radical (unpaired) electrons. The SMILES string of the molecule is CC(=O)CC1CCCC2(OCCO2)C1=O. The van der Waals surface area contributed by atoms with Crippen LogP contribution in [0.2, 0.25) is 0 Å². The fourth-order valence-electron chi connectivity index (χ4n) is 2.43. The largest absolute Gasteiger partial charge is 0.341 e. The van der Waals surface area contributed by atoms with E-state index in [1.165, 1.54) is 6.92 Å². The van der Waals surface area contributed by atoms with Crippen molar-refractivity contribution in [1.82, 2.24) is 0 Å². The number of carbonyl (C=O) groups excluding carboxylic acids is 2. The first-order chi connectivity index (χ1) is 7.14. The zero-order valence-electron chi connectivity index (χ0n) is 8.95. The van der Waals surface area contributed by atoms with Gasteiger partial charge in [-0.05, 0) is 19.8 Å². The molecular weight excluding hydrogens is 196 g/mol. The topological polar surface area (TPSA) is 52.6 Å². The summed E-state index contributed by atoms with van der Waals surface area (Å²) < 4.78 is 10.8. The lowest BCUT2D eigenvalue weighted by molar-refractivity contribution is -0.193. The van der Waals surface area contributed by atoms with Crippen molar-refractivity contribution in [2.24, 2.45) is 5.92 Å². The molecule has 0 N–H and O–H groups in total. The van der Waals surface area contributed by atoms with Gasteiger partial charge in [0, 0.05) is 18.8 Å². The van der Waals surface area contributed by atoms with Gasteiger partial charge < -0.3 is 14.3 Å². The summed E-state index contributed by atoms with van der Waals surface area (Å²) in [5, 5.41) is 0. The number of Topliss-reactive ketones (excluding diaryl/α,β-unsaturated/α-hetero) is 2. The molecule has 0 bridgehead atoms. The van der Waals surface area contributed by atoms with Crippen molar-refractivity contribution in [3.63, 3.8) is 0 Å². The molecule has 0 amide bonds. The highest BCUT2D eigenvalue weighted by molar-refractivity contribution is 5.92. The Labute approximate surface area is 88.9 Å². The highest BCUT2D eigenvalue weighted by atomic mass is 16.7. The smallest absolute Gasteiger partial charge is 0.229 e. The number of ether oxygens (including phenoxy) is 2. The third-order valence-corrected chi connectivity index (χ3v) is 3.09. The molecule has 1 aliphatic carbocycles. The monoisotopic (exact) mass is 212 g/mol. The van der Waals surface area contributed by atoms with Crippen LogP contribution in [0, 0.1) is 5.92 Å². The van der Waals surface area contributed by atoms with E-state index in [4.69, 9.17) is 9.47 Å². The Hall–Kier alpha value is -0.740. The van der Waals surface area contributed by atoms with E-state index < -0.39 is 5.79 Å². The predicted octanol–water partition coefficient (Wildman–Crippen LogP) is 1.08. The highest BCUT2D eigenvalue weighted by Crippen LogP contribution is 2.37. The van der Waals surface area contributed by atoms with E-state index in [0.717, 1.165) is 12.8 Å². The van der Waals surface area contributed by atoms with Crippen LogP contribution < -0.4 is 0 Å². The molecule has 4 heteroatoms. The van der Waals surface area contributed by atoms with Crippen LogP contribution in [0.1, 0.15) is 32.6 Å². The average Bonchev–Trinajstić information content (AvgIpc) is 2.62. The van der Waals surface area contributed by atoms with E-state index in [0.29, 0.717) is 26.1 Å². The predicted molar refractivity (Wildman–Crippen MR) is 52.3 cm³/mol. The summed E-state index contributed by atoms with van der Waals surface area (Å²) in [6.45, 7) is 2.49. The number of rotatable bonds is 2. The summed E-state index contributed by atoms with van der Waals surface area (Å²) >= 11 is 0. The number of carbonyl (C=O) groups is 2. The summed E-state index contributed by atoms with van der Waals surface area (Å²) in [5.74, 6) is -1.17. The van der Waals surface area contributed by atoms with E-state index in [1.54, 1.807) is 0 Å². The normalized spacial score (nSPS) is 29.7. The molecule has 1 saturated carbocycles. The Kier molecular flexibility index (Phi) is 2.89. The van der Waals surface area contributed by atoms with Crippen LogP contribution in [0.25, 0.3) is 0 Å². The second-order valence-corrected chi connectivity index (χ2v) is 4.31. The van der Waals surface area contributed by atoms with Crippen molar-refractivity contribution >= 4 is 11.6 Å². The summed E-state index contributed by atoms with van der Waals surface area (Å²) in [6.07, 6.45) is 2.64. The minimum Gasteiger partial charge on any atom is -0.341 e. The fraction of sp³-hybridized carbons (Fsp3) is 0.818. The summed E-state index contributed by atoms with van der Waals surface area (Å²) in [4.78, 5) is 23.1. The van der Waals surface area contributed by atoms with Gasteiger partial charge >= 0.3 is 0 Å². The first kappa shape index (κ1) is 10.8. The molecule has 15 heavy (non-hydrogen) atoms. The van der Waals surface area contributed by atoms with Crippen LogP contribution in [-0.2, 0) is 19.1 Å². The first-order valence-corrected chi connectivity index (χ1v) is 5.46. The molecule has 2 fully saturated rings. The zero-order chi connectivity index (χ0) is 10.9. The van der Waals surface area contributed by atoms with Crippen molar-refractivity contribution in [1.29, 1.82) is 0 Å². The lowest BCUT2D eigenvalue weighted by Gasteiger charge is -2.34. The van der Waals surface area contributed by atoms with Crippen LogP contribution in [0.4, 0.5) is 0 Å². The maximum absolute atomic E-state index is 12.1. The molecule has 0 aromatic rings. The van der Waals surface area contributed by atoms with Gasteiger partial charge in [-0.2, -0.15) is 0 Å². The molecule has 2 aliphatic rings. The van der Waals surface area contributed by atoms with Crippen LogP contribution in [0.5, 0.6) is 0 Å². The van der Waals surface area contributed by atoms with Gasteiger partial charge in [-0.1, -0.05) is 0 Å². The fourth-order valence-corrected chi connectivity index (χ4v) is 2.43. The van der Waals surface area contributed by atoms with Gasteiger partial charge in [0.1, 0.15) is 5.78 Å². The van der Waals surface area contributed by atoms with Gasteiger partial charge in [0.15, 0.2) is 5.78 Å². The summed E-state index contributed by atoms with van der Waals surface area (Å²) in [5.41, 5.74) is 0. The number of ketones is 2. The maximum Gasteiger partial charge on any atom is 0.229 e. The Morgan fingerprint density at radius 3 is 2.73 bits per heavy atom. The van der Waals surface area contributed by atoms with E-state index >= 15 is 0 Å². The Balaban J connectivity index is 2.09. The minimum absolute atomic E-state index is 0.0264. The maximum atomic E-state index is 12.1. The second-order valence-electron chi connectivity index (χ2n) is 4.31. The highest BCUT2D eigenvalue weighted by Gasteiger charge is 2.49. The number of hydrogen-bond donors (Lipinski definition) is 0. The molecule has 4 nitrogen and oxygen atoms in total. The molecule has 1 atom stereocenters. The van der Waals surface area contributed by atoms with Crippen LogP contribution in [-0.4, -0.2) is 30.6 Å². The lowest BCUT2D eigenvalue weighted by Crippen LogP contribution is -2.47. The zero-order valence-corrected chi connectivity index (χ0v) is 8.95. The summed E-state index contributed by atoms with van der Waals surface area (Å²) in [7, 11) is 0. The van der Waals surface area contributed by atoms with E-state index in [1.807, 2.05) is 0 Å². The van der Waals surface area contributed by atoms with Gasteiger partial charge in [-0.25, -0.2) is 0 Å². The van der Waals surface area contributed by atoms with Crippen molar-refractivity contribution in [3.05, 3.63) is 0 Å². The second kappa shape index (κ2) is 4.02. The van der Waals surface area contributed by atoms with Crippen molar-refractivity contribution < 1.29 is 19.1 Å². The van der Waals surface area contributed by atoms with E-state index in [9.17, 15) is 9.59 Å². The minimum atomic E-state index is -1.00. The van der Waals surface area contributed by atoms with E-state index in [-0.39, 0.29) is 17.5 Å². The number of hydrogen-bond acceptors (Lipinski definition) is 4. The van der Waals surface area contributed by atoms with Gasteiger partial charge in [0.05, 0.1) is 13.2 Å². The molecule has 0 aromatic heterocycles. The summed E-state index contributed by atoms with van der Waals surface area (Å²) in [6, 6.07) is 0. The molecule has 0 aromatic carbocycles. The molecular formula is C11H16O4. The van der Waals surface area contributed by atoms with Gasteiger partial charge in [0.25, 0.3) is 0 Å². The molecule has 1 spiro atoms. The molecule has 2 rings (SSSR count). The third kappa shape index (κ3) is 1.96. The molecule has 1 unspecified atom stereocenters. The first-order valence-electron chi connectivity index (χ1n) is 5.46. The molecule has 1 aliphatic heterocycles. The lowest BCUT2D eigenvalue weighted by atomic mass is 9.81. The van der Waals surface area contributed by atoms with Crippen molar-refractivity contribution in [3.8, 4) is 0 Å².